The molecule has 2 heteroatoms. The second kappa shape index (κ2) is 11.8. The highest BCUT2D eigenvalue weighted by atomic mass is 15.1. The molecule has 0 aliphatic heterocycles. The SMILES string of the molecule is [2H]c1c([2H])c([2H])c2c(-c3cc4ccccc4c4ccccc34)c3c([2H])c([2H])c([2H])c([2H])c3c(-c3ccc(-c4ccc(-n5c(C([2H])([2H])C([2H])([2H])[2H])nc6ccccc65)cc4)cc3)c2c1[2H]. The molecule has 0 radical (unpaired) electrons. The van der Waals surface area contributed by atoms with Crippen LogP contribution in [-0.2, 0) is 6.37 Å². The number of aromatic nitrogens is 2. The molecule has 0 aliphatic carbocycles. The Kier molecular flexibility index (Phi) is 4.41. The first-order chi connectivity index (χ1) is 30.5. The van der Waals surface area contributed by atoms with Crippen molar-refractivity contribution >= 4 is 54.1 Å². The van der Waals surface area contributed by atoms with Crippen LogP contribution < -0.4 is 0 Å². The molecule has 0 amide bonds. The lowest BCUT2D eigenvalue weighted by atomic mass is 9.83. The van der Waals surface area contributed by atoms with E-state index < -0.39 is 37.4 Å². The molecule has 0 saturated carbocycles. The van der Waals surface area contributed by atoms with Crippen molar-refractivity contribution < 1.29 is 17.8 Å². The molecule has 0 N–H and O–H groups in total. The molecule has 0 atom stereocenters. The van der Waals surface area contributed by atoms with E-state index in [1.54, 1.807) is 48.5 Å². The van der Waals surface area contributed by atoms with E-state index >= 15 is 0 Å². The molecule has 10 rings (SSSR count). The van der Waals surface area contributed by atoms with Gasteiger partial charge in [-0.1, -0.05) is 152 Å². The van der Waals surface area contributed by atoms with Gasteiger partial charge in [0.15, 0.2) is 0 Å². The molecule has 51 heavy (non-hydrogen) atoms. The van der Waals surface area contributed by atoms with Gasteiger partial charge >= 0.3 is 0 Å². The van der Waals surface area contributed by atoms with E-state index in [0.717, 1.165) is 32.7 Å². The number of benzene rings is 9. The third kappa shape index (κ3) is 4.68. The number of aryl methyl sites for hydroxylation is 1. The van der Waals surface area contributed by atoms with Gasteiger partial charge in [-0.15, -0.1) is 0 Å². The van der Waals surface area contributed by atoms with Crippen LogP contribution in [0.1, 0.15) is 30.5 Å². The molecule has 0 bridgehead atoms. The van der Waals surface area contributed by atoms with Crippen LogP contribution >= 0.6 is 0 Å². The Morgan fingerprint density at radius 2 is 1.10 bits per heavy atom. The first kappa shape index (κ1) is 19.0. The third-order valence-corrected chi connectivity index (χ3v) is 9.72. The lowest BCUT2D eigenvalue weighted by molar-refractivity contribution is 0.908. The topological polar surface area (TPSA) is 17.8 Å². The van der Waals surface area contributed by atoms with Crippen molar-refractivity contribution in [3.8, 4) is 39.1 Å². The van der Waals surface area contributed by atoms with Gasteiger partial charge in [0.1, 0.15) is 5.82 Å². The van der Waals surface area contributed by atoms with E-state index in [0.29, 0.717) is 27.8 Å². The Hall–Kier alpha value is -6.51. The molecule has 0 fully saturated rings. The van der Waals surface area contributed by atoms with Crippen molar-refractivity contribution in [3.05, 3.63) is 182 Å². The fraction of sp³-hybridized carbons (Fsp3) is 0.0408. The van der Waals surface area contributed by atoms with Crippen molar-refractivity contribution in [2.24, 2.45) is 0 Å². The van der Waals surface area contributed by atoms with Crippen LogP contribution in [0.15, 0.2) is 176 Å². The minimum absolute atomic E-state index is 0.119. The Bertz CT molecular complexity index is 3510. The van der Waals surface area contributed by atoms with Crippen molar-refractivity contribution in [2.75, 3.05) is 0 Å². The van der Waals surface area contributed by atoms with Crippen LogP contribution in [0.2, 0.25) is 0 Å². The van der Waals surface area contributed by atoms with Gasteiger partial charge in [-0.3, -0.25) is 4.57 Å². The Morgan fingerprint density at radius 1 is 0.549 bits per heavy atom. The van der Waals surface area contributed by atoms with E-state index in [4.69, 9.17) is 12.3 Å². The average Bonchev–Trinajstić information content (AvgIpc) is 3.70. The fourth-order valence-electron chi connectivity index (χ4n) is 7.45. The highest BCUT2D eigenvalue weighted by molar-refractivity contribution is 6.25. The van der Waals surface area contributed by atoms with Gasteiger partial charge < -0.3 is 0 Å². The van der Waals surface area contributed by atoms with Crippen molar-refractivity contribution in [1.82, 2.24) is 9.55 Å². The van der Waals surface area contributed by atoms with Crippen LogP contribution in [0, 0.1) is 0 Å². The summed E-state index contributed by atoms with van der Waals surface area (Å²) in [4.78, 5) is 4.41. The Labute approximate surface area is 315 Å². The second-order valence-electron chi connectivity index (χ2n) is 12.4. The molecule has 0 aliphatic rings. The minimum Gasteiger partial charge on any atom is -0.296 e. The summed E-state index contributed by atoms with van der Waals surface area (Å²) in [6, 6.07) is 35.3. The molecular weight excluding hydrogens is 617 g/mol. The van der Waals surface area contributed by atoms with E-state index in [1.165, 1.54) is 4.57 Å². The summed E-state index contributed by atoms with van der Waals surface area (Å²) in [5, 5.41) is 3.94. The first-order valence-corrected chi connectivity index (χ1v) is 16.6. The zero-order valence-corrected chi connectivity index (χ0v) is 27.0. The predicted molar refractivity (Wildman–Crippen MR) is 217 cm³/mol. The maximum absolute atomic E-state index is 9.44. The minimum atomic E-state index is -2.99. The van der Waals surface area contributed by atoms with E-state index in [1.807, 2.05) is 78.9 Å². The van der Waals surface area contributed by atoms with Crippen LogP contribution in [0.25, 0.3) is 93.2 Å². The van der Waals surface area contributed by atoms with Gasteiger partial charge in [0.25, 0.3) is 0 Å². The van der Waals surface area contributed by atoms with Crippen molar-refractivity contribution in [1.29, 1.82) is 0 Å². The largest absolute Gasteiger partial charge is 0.296 e. The van der Waals surface area contributed by atoms with Crippen LogP contribution in [-0.4, -0.2) is 9.55 Å². The van der Waals surface area contributed by atoms with Crippen LogP contribution in [0.4, 0.5) is 0 Å². The number of hydrogen-bond donors (Lipinski definition) is 0. The average molecular weight is 664 g/mol. The van der Waals surface area contributed by atoms with Crippen molar-refractivity contribution in [2.45, 2.75) is 13.2 Å². The third-order valence-electron chi connectivity index (χ3n) is 9.72. The van der Waals surface area contributed by atoms with E-state index in [9.17, 15) is 5.48 Å². The molecular formula is C49H34N2. The van der Waals surface area contributed by atoms with Gasteiger partial charge in [0, 0.05) is 18.9 Å². The summed E-state index contributed by atoms with van der Waals surface area (Å²) in [5.41, 5.74) is 4.51. The highest BCUT2D eigenvalue weighted by Gasteiger charge is 2.19. The standard InChI is InChI=1S/C49H34N2/c1-2-47-50-45-21-11-12-22-46(45)51(47)36-29-27-33(28-30-36)32-23-25-34(26-24-32)48-40-17-7-9-19-42(40)49(43-20-10-8-18-41(43)48)44-31-35-13-3-4-14-37(35)38-15-5-6-16-39(38)44/h3-31H,2H2,1H3/i1D3,2D2,7D,8D,9D,10D,17D,18D,19D,20D. The maximum Gasteiger partial charge on any atom is 0.114 e. The Balaban J connectivity index is 1.21. The molecule has 0 unspecified atom stereocenters. The molecule has 1 aromatic heterocycles. The summed E-state index contributed by atoms with van der Waals surface area (Å²) >= 11 is 0. The second-order valence-corrected chi connectivity index (χ2v) is 12.4. The molecule has 0 saturated heterocycles. The lowest BCUT2D eigenvalue weighted by Gasteiger charge is -2.19. The van der Waals surface area contributed by atoms with Crippen LogP contribution in [0.3, 0.4) is 0 Å². The normalized spacial score (nSPS) is 15.9. The van der Waals surface area contributed by atoms with Gasteiger partial charge in [0.2, 0.25) is 0 Å². The molecule has 9 aromatic carbocycles. The summed E-state index contributed by atoms with van der Waals surface area (Å²) in [6.07, 6.45) is -2.76. The molecule has 2 nitrogen and oxygen atoms in total. The van der Waals surface area contributed by atoms with Gasteiger partial charge in [-0.05, 0) is 107 Å². The molecule has 1 heterocycles. The highest BCUT2D eigenvalue weighted by Crippen LogP contribution is 2.46. The zero-order valence-electron chi connectivity index (χ0n) is 40.0. The smallest absolute Gasteiger partial charge is 0.114 e. The molecule has 0 spiro atoms. The fourth-order valence-corrected chi connectivity index (χ4v) is 7.45. The number of imidazole rings is 1. The predicted octanol–water partition coefficient (Wildman–Crippen LogP) is 13.2. The van der Waals surface area contributed by atoms with Gasteiger partial charge in [0.05, 0.1) is 22.0 Å². The van der Waals surface area contributed by atoms with E-state index in [2.05, 4.69) is 4.98 Å². The number of hydrogen-bond acceptors (Lipinski definition) is 1. The Morgan fingerprint density at radius 3 is 1.78 bits per heavy atom. The summed E-state index contributed by atoms with van der Waals surface area (Å²) < 4.78 is 116. The number of nitrogens with zero attached hydrogens (tertiary/aromatic N) is 2. The number of fused-ring (bicyclic) bond motifs is 6. The summed E-state index contributed by atoms with van der Waals surface area (Å²) in [7, 11) is 0. The lowest BCUT2D eigenvalue weighted by Crippen LogP contribution is -1.99. The zero-order chi connectivity index (χ0) is 45.1. The molecule has 10 aromatic rings. The first-order valence-electron chi connectivity index (χ1n) is 23.1. The van der Waals surface area contributed by atoms with E-state index in [-0.39, 0.29) is 62.7 Å². The molecule has 240 valence electrons. The number of rotatable bonds is 5. The maximum atomic E-state index is 9.44. The monoisotopic (exact) mass is 663 g/mol. The van der Waals surface area contributed by atoms with Crippen LogP contribution in [0.5, 0.6) is 0 Å². The quantitative estimate of drug-likeness (QED) is 0.132. The van der Waals surface area contributed by atoms with Crippen molar-refractivity contribution in [3.63, 3.8) is 0 Å². The number of para-hydroxylation sites is 2. The van der Waals surface area contributed by atoms with Gasteiger partial charge in [-0.2, -0.15) is 0 Å². The summed E-state index contributed by atoms with van der Waals surface area (Å²) in [5.74, 6) is -0.249. The summed E-state index contributed by atoms with van der Waals surface area (Å²) in [6.45, 7) is -2.99. The van der Waals surface area contributed by atoms with Gasteiger partial charge in [-0.25, -0.2) is 4.98 Å².